The Morgan fingerprint density at radius 1 is 1.42 bits per heavy atom. The molecule has 0 saturated heterocycles. The molecule has 106 valence electrons. The summed E-state index contributed by atoms with van der Waals surface area (Å²) in [7, 11) is 0. The Balaban J connectivity index is 2.45. The van der Waals surface area contributed by atoms with E-state index in [0.29, 0.717) is 12.3 Å². The molecule has 1 heterocycles. The van der Waals surface area contributed by atoms with Crippen molar-refractivity contribution < 1.29 is 5.21 Å². The van der Waals surface area contributed by atoms with E-state index in [1.807, 2.05) is 24.4 Å². The Bertz CT molecular complexity index is 378. The monoisotopic (exact) mass is 264 g/mol. The van der Waals surface area contributed by atoms with Crippen LogP contribution in [-0.4, -0.2) is 40.6 Å². The molecule has 5 nitrogen and oxygen atoms in total. The average Bonchev–Trinajstić information content (AvgIpc) is 2.42. The summed E-state index contributed by atoms with van der Waals surface area (Å²) in [6, 6.07) is 5.97. The molecule has 0 aliphatic carbocycles. The van der Waals surface area contributed by atoms with Crippen molar-refractivity contribution in [3.05, 3.63) is 30.1 Å². The van der Waals surface area contributed by atoms with Gasteiger partial charge in [-0.25, -0.2) is 0 Å². The summed E-state index contributed by atoms with van der Waals surface area (Å²) in [5.41, 5.74) is 6.62. The molecular formula is C14H24N4O. The van der Waals surface area contributed by atoms with Gasteiger partial charge in [0.1, 0.15) is 5.84 Å². The molecule has 1 rings (SSSR count). The van der Waals surface area contributed by atoms with Gasteiger partial charge in [-0.05, 0) is 18.1 Å². The maximum absolute atomic E-state index is 8.57. The van der Waals surface area contributed by atoms with Crippen LogP contribution < -0.4 is 5.73 Å². The molecule has 0 aliphatic rings. The molecule has 1 aromatic heterocycles. The van der Waals surface area contributed by atoms with Crippen LogP contribution in [0.15, 0.2) is 29.6 Å². The van der Waals surface area contributed by atoms with Crippen LogP contribution in [0.4, 0.5) is 0 Å². The third kappa shape index (κ3) is 6.76. The summed E-state index contributed by atoms with van der Waals surface area (Å²) in [6.45, 7) is 7.13. The van der Waals surface area contributed by atoms with Gasteiger partial charge in [0, 0.05) is 44.4 Å². The number of rotatable bonds is 8. The Morgan fingerprint density at radius 3 is 2.79 bits per heavy atom. The van der Waals surface area contributed by atoms with Gasteiger partial charge in [0.2, 0.25) is 0 Å². The van der Waals surface area contributed by atoms with Crippen molar-refractivity contribution >= 4 is 5.84 Å². The Kier molecular flexibility index (Phi) is 6.89. The maximum atomic E-state index is 8.57. The quantitative estimate of drug-likeness (QED) is 0.324. The molecule has 0 unspecified atom stereocenters. The van der Waals surface area contributed by atoms with Crippen molar-refractivity contribution in [2.24, 2.45) is 16.8 Å². The number of nitrogens with zero attached hydrogens (tertiary/aromatic N) is 3. The van der Waals surface area contributed by atoms with Crippen LogP contribution in [0.25, 0.3) is 0 Å². The van der Waals surface area contributed by atoms with E-state index in [1.54, 1.807) is 0 Å². The molecular weight excluding hydrogens is 240 g/mol. The average molecular weight is 264 g/mol. The molecule has 0 bridgehead atoms. The van der Waals surface area contributed by atoms with Gasteiger partial charge in [-0.15, -0.1) is 0 Å². The zero-order chi connectivity index (χ0) is 14.1. The van der Waals surface area contributed by atoms with Crippen LogP contribution in [0.5, 0.6) is 0 Å². The first-order valence-electron chi connectivity index (χ1n) is 6.70. The zero-order valence-corrected chi connectivity index (χ0v) is 11.8. The first-order valence-corrected chi connectivity index (χ1v) is 6.70. The van der Waals surface area contributed by atoms with Crippen LogP contribution in [0.1, 0.15) is 26.0 Å². The van der Waals surface area contributed by atoms with Gasteiger partial charge < -0.3 is 15.8 Å². The lowest BCUT2D eigenvalue weighted by atomic mass is 10.2. The van der Waals surface area contributed by atoms with E-state index in [-0.39, 0.29) is 5.84 Å². The predicted octanol–water partition coefficient (Wildman–Crippen LogP) is 1.72. The van der Waals surface area contributed by atoms with Crippen molar-refractivity contribution in [3.63, 3.8) is 0 Å². The molecule has 0 aliphatic heterocycles. The second kappa shape index (κ2) is 8.48. The predicted molar refractivity (Wildman–Crippen MR) is 77.2 cm³/mol. The lowest BCUT2D eigenvalue weighted by Gasteiger charge is -2.23. The topological polar surface area (TPSA) is 74.7 Å². The molecule has 1 aromatic rings. The molecule has 0 amide bonds. The van der Waals surface area contributed by atoms with Crippen LogP contribution in [0.2, 0.25) is 0 Å². The molecule has 19 heavy (non-hydrogen) atoms. The molecule has 0 saturated carbocycles. The van der Waals surface area contributed by atoms with Gasteiger partial charge in [-0.1, -0.05) is 25.1 Å². The first-order chi connectivity index (χ1) is 9.11. The molecule has 0 atom stereocenters. The van der Waals surface area contributed by atoms with Crippen molar-refractivity contribution in [2.75, 3.05) is 19.6 Å². The first kappa shape index (κ1) is 15.4. The Morgan fingerprint density at radius 2 is 2.21 bits per heavy atom. The fourth-order valence-corrected chi connectivity index (χ4v) is 1.95. The van der Waals surface area contributed by atoms with E-state index in [1.165, 1.54) is 0 Å². The summed E-state index contributed by atoms with van der Waals surface area (Å²) in [4.78, 5) is 6.66. The van der Waals surface area contributed by atoms with Gasteiger partial charge in [0.15, 0.2) is 0 Å². The van der Waals surface area contributed by atoms with E-state index in [2.05, 4.69) is 28.9 Å². The van der Waals surface area contributed by atoms with Crippen LogP contribution in [0.3, 0.4) is 0 Å². The number of pyridine rings is 1. The molecule has 3 N–H and O–H groups in total. The fourth-order valence-electron chi connectivity index (χ4n) is 1.95. The third-order valence-electron chi connectivity index (χ3n) is 2.85. The van der Waals surface area contributed by atoms with Crippen molar-refractivity contribution in [1.82, 2.24) is 9.88 Å². The van der Waals surface area contributed by atoms with E-state index >= 15 is 0 Å². The summed E-state index contributed by atoms with van der Waals surface area (Å²) >= 11 is 0. The minimum Gasteiger partial charge on any atom is -0.409 e. The number of oxime groups is 1. The number of hydrogen-bond donors (Lipinski definition) is 2. The molecule has 0 spiro atoms. The van der Waals surface area contributed by atoms with E-state index in [4.69, 9.17) is 10.9 Å². The molecule has 5 heteroatoms. The lowest BCUT2D eigenvalue weighted by molar-refractivity contribution is 0.250. The minimum absolute atomic E-state index is 0.284. The normalized spacial score (nSPS) is 12.3. The Hall–Kier alpha value is -1.62. The highest BCUT2D eigenvalue weighted by Crippen LogP contribution is 2.03. The highest BCUT2D eigenvalue weighted by Gasteiger charge is 2.09. The van der Waals surface area contributed by atoms with Gasteiger partial charge in [0.25, 0.3) is 0 Å². The Labute approximate surface area is 115 Å². The minimum atomic E-state index is 0.284. The number of hydrogen-bond acceptors (Lipinski definition) is 4. The van der Waals surface area contributed by atoms with Crippen molar-refractivity contribution in [1.29, 1.82) is 0 Å². The SMILES string of the molecule is CC(C)CN(CCC(N)=NO)CCc1ccccn1. The molecule has 0 aromatic carbocycles. The van der Waals surface area contributed by atoms with Crippen LogP contribution in [-0.2, 0) is 6.42 Å². The molecule has 0 fully saturated rings. The fraction of sp³-hybridized carbons (Fsp3) is 0.571. The lowest BCUT2D eigenvalue weighted by Crippen LogP contribution is -2.33. The largest absolute Gasteiger partial charge is 0.409 e. The van der Waals surface area contributed by atoms with E-state index < -0.39 is 0 Å². The van der Waals surface area contributed by atoms with Gasteiger partial charge in [-0.3, -0.25) is 4.98 Å². The summed E-state index contributed by atoms with van der Waals surface area (Å²) < 4.78 is 0. The highest BCUT2D eigenvalue weighted by atomic mass is 16.4. The van der Waals surface area contributed by atoms with Crippen molar-refractivity contribution in [3.8, 4) is 0 Å². The summed E-state index contributed by atoms with van der Waals surface area (Å²) in [6.07, 6.45) is 3.33. The van der Waals surface area contributed by atoms with Gasteiger partial charge >= 0.3 is 0 Å². The highest BCUT2D eigenvalue weighted by molar-refractivity contribution is 5.79. The number of nitrogens with two attached hydrogens (primary N) is 1. The maximum Gasteiger partial charge on any atom is 0.140 e. The number of amidine groups is 1. The second-order valence-corrected chi connectivity index (χ2v) is 5.11. The third-order valence-corrected chi connectivity index (χ3v) is 2.85. The number of aromatic nitrogens is 1. The molecule has 0 radical (unpaired) electrons. The standard InChI is InChI=1S/C14H24N4O/c1-12(2)11-18(10-7-14(15)17-19)9-6-13-5-3-4-8-16-13/h3-5,8,12,19H,6-7,9-11H2,1-2H3,(H2,15,17). The van der Waals surface area contributed by atoms with Crippen molar-refractivity contribution in [2.45, 2.75) is 26.7 Å². The van der Waals surface area contributed by atoms with Gasteiger partial charge in [0.05, 0.1) is 0 Å². The summed E-state index contributed by atoms with van der Waals surface area (Å²) in [5.74, 6) is 0.877. The van der Waals surface area contributed by atoms with E-state index in [0.717, 1.165) is 31.7 Å². The zero-order valence-electron chi connectivity index (χ0n) is 11.8. The summed E-state index contributed by atoms with van der Waals surface area (Å²) in [5, 5.41) is 11.6. The second-order valence-electron chi connectivity index (χ2n) is 5.11. The van der Waals surface area contributed by atoms with Crippen LogP contribution >= 0.6 is 0 Å². The van der Waals surface area contributed by atoms with Crippen LogP contribution in [0, 0.1) is 5.92 Å². The smallest absolute Gasteiger partial charge is 0.140 e. The van der Waals surface area contributed by atoms with Gasteiger partial charge in [-0.2, -0.15) is 0 Å². The van der Waals surface area contributed by atoms with E-state index in [9.17, 15) is 0 Å².